The Morgan fingerprint density at radius 1 is 1.03 bits per heavy atom. The van der Waals surface area contributed by atoms with Gasteiger partial charge in [0.15, 0.2) is 12.4 Å². The lowest BCUT2D eigenvalue weighted by Gasteiger charge is -2.33. The minimum Gasteiger partial charge on any atom is -0.484 e. The predicted octanol–water partition coefficient (Wildman–Crippen LogP) is 3.23. The molecule has 2 fully saturated rings. The van der Waals surface area contributed by atoms with E-state index in [-0.39, 0.29) is 36.3 Å². The second-order valence-electron chi connectivity index (χ2n) is 8.68. The number of piperidine rings is 1. The van der Waals surface area contributed by atoms with Crippen LogP contribution >= 0.6 is 0 Å². The van der Waals surface area contributed by atoms with E-state index >= 15 is 0 Å². The molecular weight excluding hydrogens is 434 g/mol. The molecule has 0 bridgehead atoms. The Balaban J connectivity index is 1.23. The highest BCUT2D eigenvalue weighted by molar-refractivity contribution is 5.89. The van der Waals surface area contributed by atoms with Crippen LogP contribution in [-0.2, 0) is 4.79 Å². The van der Waals surface area contributed by atoms with Gasteiger partial charge in [0.25, 0.3) is 5.91 Å². The molecule has 2 aromatic heterocycles. The van der Waals surface area contributed by atoms with E-state index < -0.39 is 0 Å². The van der Waals surface area contributed by atoms with Crippen LogP contribution < -0.4 is 4.74 Å². The molecule has 0 radical (unpaired) electrons. The average molecular weight is 462 g/mol. The number of ether oxygens (including phenoxy) is 1. The lowest BCUT2D eigenvalue weighted by Crippen LogP contribution is -2.41. The van der Waals surface area contributed by atoms with Crippen LogP contribution in [0.2, 0.25) is 0 Å². The molecule has 34 heavy (non-hydrogen) atoms. The van der Waals surface area contributed by atoms with Crippen LogP contribution in [0.25, 0.3) is 0 Å². The molecule has 0 saturated carbocycles. The monoisotopic (exact) mass is 461 g/mol. The Morgan fingerprint density at radius 3 is 2.68 bits per heavy atom. The van der Waals surface area contributed by atoms with Gasteiger partial charge < -0.3 is 19.1 Å². The van der Waals surface area contributed by atoms with Crippen LogP contribution in [0.15, 0.2) is 59.4 Å². The van der Waals surface area contributed by atoms with Crippen molar-refractivity contribution < 1.29 is 18.8 Å². The second kappa shape index (κ2) is 10.0. The zero-order valence-electron chi connectivity index (χ0n) is 18.9. The van der Waals surface area contributed by atoms with Gasteiger partial charge in [-0.3, -0.25) is 14.6 Å². The third kappa shape index (κ3) is 4.78. The number of pyridine rings is 1. The maximum atomic E-state index is 13.0. The van der Waals surface area contributed by atoms with Crippen molar-refractivity contribution in [3.8, 4) is 5.75 Å². The van der Waals surface area contributed by atoms with Gasteiger partial charge in [-0.2, -0.15) is 4.98 Å². The minimum absolute atomic E-state index is 0.0242. The van der Waals surface area contributed by atoms with E-state index in [2.05, 4.69) is 15.1 Å². The van der Waals surface area contributed by atoms with Gasteiger partial charge in [-0.25, -0.2) is 0 Å². The van der Waals surface area contributed by atoms with E-state index in [1.807, 2.05) is 42.5 Å². The summed E-state index contributed by atoms with van der Waals surface area (Å²) in [5.74, 6) is 0.866. The molecule has 0 spiro atoms. The van der Waals surface area contributed by atoms with Gasteiger partial charge in [-0.1, -0.05) is 23.4 Å². The highest BCUT2D eigenvalue weighted by atomic mass is 16.5. The molecule has 1 unspecified atom stereocenters. The maximum Gasteiger partial charge on any atom is 0.316 e. The van der Waals surface area contributed by atoms with E-state index in [1.54, 1.807) is 22.2 Å². The van der Waals surface area contributed by atoms with Gasteiger partial charge in [-0.15, -0.1) is 0 Å². The van der Waals surface area contributed by atoms with Gasteiger partial charge in [0.05, 0.1) is 6.04 Å². The first-order valence-electron chi connectivity index (χ1n) is 11.7. The van der Waals surface area contributed by atoms with Gasteiger partial charge in [0.1, 0.15) is 5.75 Å². The topological polar surface area (TPSA) is 102 Å². The van der Waals surface area contributed by atoms with Crippen molar-refractivity contribution in [3.05, 3.63) is 72.1 Å². The Bertz CT molecular complexity index is 1120. The molecule has 4 heterocycles. The van der Waals surface area contributed by atoms with Crippen LogP contribution in [0.4, 0.5) is 0 Å². The fraction of sp³-hybridized carbons (Fsp3) is 0.400. The largest absolute Gasteiger partial charge is 0.484 e. The van der Waals surface area contributed by atoms with E-state index in [4.69, 9.17) is 9.26 Å². The summed E-state index contributed by atoms with van der Waals surface area (Å²) in [5, 5.41) is 4.08. The summed E-state index contributed by atoms with van der Waals surface area (Å²) in [6.07, 6.45) is 6.99. The van der Waals surface area contributed by atoms with Crippen LogP contribution in [-0.4, -0.2) is 63.0 Å². The van der Waals surface area contributed by atoms with Crippen LogP contribution in [0.3, 0.4) is 0 Å². The molecule has 5 rings (SSSR count). The number of carbonyl (C=O) groups excluding carboxylic acids is 2. The highest BCUT2D eigenvalue weighted by Crippen LogP contribution is 2.31. The first kappa shape index (κ1) is 22.1. The Labute approximate surface area is 197 Å². The number of hydrogen-bond donors (Lipinski definition) is 0. The number of amides is 2. The van der Waals surface area contributed by atoms with Crippen molar-refractivity contribution in [2.75, 3.05) is 26.2 Å². The molecule has 2 aliphatic heterocycles. The number of hydrogen-bond acceptors (Lipinski definition) is 7. The summed E-state index contributed by atoms with van der Waals surface area (Å²) in [6.45, 7) is 1.77. The molecule has 2 atom stereocenters. The Hall–Kier alpha value is -3.75. The zero-order chi connectivity index (χ0) is 23.3. The maximum absolute atomic E-state index is 13.0. The first-order chi connectivity index (χ1) is 16.7. The van der Waals surface area contributed by atoms with Crippen molar-refractivity contribution in [3.63, 3.8) is 0 Å². The molecule has 2 saturated heterocycles. The smallest absolute Gasteiger partial charge is 0.316 e. The standard InChI is InChI=1S/C25H27N5O4/c31-22(17-33-20-6-2-1-3-7-20)30-14-5-4-8-21(30)23-27-24(34-28-23)25(32)29-15-11-19(16-29)18-9-12-26-13-10-18/h1-3,6-7,9-10,12-13,19,21H,4-5,8,11,14-17H2/t19?,21-/m1/s1. The van der Waals surface area contributed by atoms with Gasteiger partial charge in [-0.05, 0) is 55.5 Å². The molecule has 1 aromatic carbocycles. The zero-order valence-corrected chi connectivity index (χ0v) is 18.9. The van der Waals surface area contributed by atoms with Crippen molar-refractivity contribution in [2.24, 2.45) is 0 Å². The fourth-order valence-corrected chi connectivity index (χ4v) is 4.69. The van der Waals surface area contributed by atoms with Crippen LogP contribution in [0.1, 0.15) is 59.7 Å². The summed E-state index contributed by atoms with van der Waals surface area (Å²) in [7, 11) is 0. The Morgan fingerprint density at radius 2 is 1.85 bits per heavy atom. The Kier molecular flexibility index (Phi) is 6.51. The molecule has 176 valence electrons. The first-order valence-corrected chi connectivity index (χ1v) is 11.7. The number of likely N-dealkylation sites (tertiary alicyclic amines) is 2. The molecule has 2 aliphatic rings. The molecular formula is C25H27N5O4. The third-order valence-corrected chi connectivity index (χ3v) is 6.50. The van der Waals surface area contributed by atoms with Gasteiger partial charge >= 0.3 is 11.8 Å². The number of para-hydroxylation sites is 1. The number of aromatic nitrogens is 3. The number of benzene rings is 1. The quantitative estimate of drug-likeness (QED) is 0.555. The second-order valence-corrected chi connectivity index (χ2v) is 8.68. The predicted molar refractivity (Wildman–Crippen MR) is 122 cm³/mol. The van der Waals surface area contributed by atoms with Crippen LogP contribution in [0.5, 0.6) is 5.75 Å². The fourth-order valence-electron chi connectivity index (χ4n) is 4.69. The van der Waals surface area contributed by atoms with Crippen molar-refractivity contribution in [2.45, 2.75) is 37.6 Å². The molecule has 9 nitrogen and oxygen atoms in total. The summed E-state index contributed by atoms with van der Waals surface area (Å²) < 4.78 is 11.0. The lowest BCUT2D eigenvalue weighted by molar-refractivity contribution is -0.137. The van der Waals surface area contributed by atoms with E-state index in [0.29, 0.717) is 31.2 Å². The molecule has 9 heteroatoms. The average Bonchev–Trinajstić information content (AvgIpc) is 3.59. The molecule has 2 amide bonds. The van der Waals surface area contributed by atoms with E-state index in [9.17, 15) is 9.59 Å². The van der Waals surface area contributed by atoms with Crippen molar-refractivity contribution >= 4 is 11.8 Å². The normalized spacial score (nSPS) is 20.4. The van der Waals surface area contributed by atoms with Gasteiger partial charge in [0, 0.05) is 37.9 Å². The highest BCUT2D eigenvalue weighted by Gasteiger charge is 2.35. The van der Waals surface area contributed by atoms with Crippen LogP contribution in [0, 0.1) is 0 Å². The van der Waals surface area contributed by atoms with Crippen molar-refractivity contribution in [1.29, 1.82) is 0 Å². The minimum atomic E-state index is -0.325. The van der Waals surface area contributed by atoms with E-state index in [1.165, 1.54) is 5.56 Å². The van der Waals surface area contributed by atoms with Crippen molar-refractivity contribution in [1.82, 2.24) is 24.9 Å². The number of nitrogens with zero attached hydrogens (tertiary/aromatic N) is 5. The summed E-state index contributed by atoms with van der Waals surface area (Å²) in [5.41, 5.74) is 1.17. The summed E-state index contributed by atoms with van der Waals surface area (Å²) in [4.78, 5) is 37.9. The third-order valence-electron chi connectivity index (χ3n) is 6.50. The number of carbonyl (C=O) groups is 2. The molecule has 0 N–H and O–H groups in total. The summed E-state index contributed by atoms with van der Waals surface area (Å²) in [6, 6.07) is 12.9. The lowest BCUT2D eigenvalue weighted by atomic mass is 10.00. The molecule has 3 aromatic rings. The molecule has 0 aliphatic carbocycles. The van der Waals surface area contributed by atoms with Gasteiger partial charge in [0.2, 0.25) is 0 Å². The number of rotatable bonds is 6. The SMILES string of the molecule is O=C(c1nc([C@H]2CCCCN2C(=O)COc2ccccc2)no1)N1CCC(c2ccncc2)C1. The summed E-state index contributed by atoms with van der Waals surface area (Å²) >= 11 is 0. The van der Waals surface area contributed by atoms with E-state index in [0.717, 1.165) is 25.7 Å².